The SMILES string of the molecule is CCOC(=O)CN(c1ccc(Cl)c(Cl)c1)S(=O)(=O)c1ccc2c(c1)OCCO2. The highest BCUT2D eigenvalue weighted by atomic mass is 35.5. The van der Waals surface area contributed by atoms with Crippen LogP contribution in [-0.4, -0.2) is 40.8 Å². The summed E-state index contributed by atoms with van der Waals surface area (Å²) < 4.78 is 43.3. The molecule has 0 radical (unpaired) electrons. The van der Waals surface area contributed by atoms with Gasteiger partial charge in [0, 0.05) is 6.07 Å². The Kier molecular flexibility index (Phi) is 6.22. The lowest BCUT2D eigenvalue weighted by Crippen LogP contribution is -2.36. The van der Waals surface area contributed by atoms with Gasteiger partial charge in [-0.25, -0.2) is 8.42 Å². The Morgan fingerprint density at radius 3 is 2.46 bits per heavy atom. The third kappa shape index (κ3) is 4.29. The fraction of sp³-hybridized carbons (Fsp3) is 0.278. The van der Waals surface area contributed by atoms with Crippen molar-refractivity contribution in [3.8, 4) is 11.5 Å². The second-order valence-corrected chi connectivity index (χ2v) is 8.40. The van der Waals surface area contributed by atoms with Crippen LogP contribution in [0.15, 0.2) is 41.3 Å². The molecule has 10 heteroatoms. The number of rotatable bonds is 6. The highest BCUT2D eigenvalue weighted by Crippen LogP contribution is 2.35. The molecule has 2 aromatic rings. The maximum atomic E-state index is 13.3. The van der Waals surface area contributed by atoms with Crippen LogP contribution in [0.5, 0.6) is 11.5 Å². The normalized spacial score (nSPS) is 13.1. The summed E-state index contributed by atoms with van der Waals surface area (Å²) in [7, 11) is -4.14. The van der Waals surface area contributed by atoms with E-state index in [2.05, 4.69) is 0 Å². The number of nitrogens with zero attached hydrogens (tertiary/aromatic N) is 1. The average molecular weight is 446 g/mol. The Labute approximate surface area is 172 Å². The molecule has 0 atom stereocenters. The van der Waals surface area contributed by atoms with E-state index in [0.29, 0.717) is 24.7 Å². The quantitative estimate of drug-likeness (QED) is 0.632. The summed E-state index contributed by atoms with van der Waals surface area (Å²) in [6.07, 6.45) is 0. The molecule has 1 aliphatic heterocycles. The van der Waals surface area contributed by atoms with Gasteiger partial charge >= 0.3 is 5.97 Å². The van der Waals surface area contributed by atoms with Gasteiger partial charge in [-0.3, -0.25) is 9.10 Å². The number of sulfonamides is 1. The molecule has 28 heavy (non-hydrogen) atoms. The first-order valence-electron chi connectivity index (χ1n) is 8.36. The zero-order chi connectivity index (χ0) is 20.3. The van der Waals surface area contributed by atoms with Crippen molar-refractivity contribution in [2.45, 2.75) is 11.8 Å². The molecule has 0 bridgehead atoms. The predicted molar refractivity (Wildman–Crippen MR) is 105 cm³/mol. The topological polar surface area (TPSA) is 82.1 Å². The van der Waals surface area contributed by atoms with E-state index in [1.165, 1.54) is 36.4 Å². The number of carbonyl (C=O) groups is 1. The number of carbonyl (C=O) groups excluding carboxylic acids is 1. The van der Waals surface area contributed by atoms with Crippen LogP contribution in [0.2, 0.25) is 10.0 Å². The Morgan fingerprint density at radius 2 is 1.79 bits per heavy atom. The van der Waals surface area contributed by atoms with Crippen LogP contribution in [0.4, 0.5) is 5.69 Å². The summed E-state index contributed by atoms with van der Waals surface area (Å²) in [6.45, 7) is 1.94. The number of halogens is 2. The summed E-state index contributed by atoms with van der Waals surface area (Å²) in [5.41, 5.74) is 0.178. The molecule has 0 unspecified atom stereocenters. The van der Waals surface area contributed by atoms with Crippen LogP contribution in [-0.2, 0) is 19.6 Å². The van der Waals surface area contributed by atoms with E-state index < -0.39 is 22.5 Å². The lowest BCUT2D eigenvalue weighted by atomic mass is 10.3. The number of esters is 1. The highest BCUT2D eigenvalue weighted by molar-refractivity contribution is 7.92. The van der Waals surface area contributed by atoms with Crippen molar-refractivity contribution in [1.82, 2.24) is 0 Å². The molecular formula is C18H17Cl2NO6S. The summed E-state index contributed by atoms with van der Waals surface area (Å²) in [5, 5.41) is 0.420. The molecule has 150 valence electrons. The average Bonchev–Trinajstić information content (AvgIpc) is 2.68. The smallest absolute Gasteiger partial charge is 0.326 e. The lowest BCUT2D eigenvalue weighted by molar-refractivity contribution is -0.141. The maximum Gasteiger partial charge on any atom is 0.326 e. The van der Waals surface area contributed by atoms with E-state index in [1.807, 2.05) is 0 Å². The first kappa shape index (κ1) is 20.6. The van der Waals surface area contributed by atoms with Crippen molar-refractivity contribution in [3.05, 3.63) is 46.4 Å². The fourth-order valence-electron chi connectivity index (χ4n) is 2.59. The number of ether oxygens (including phenoxy) is 3. The number of fused-ring (bicyclic) bond motifs is 1. The molecule has 0 aliphatic carbocycles. The lowest BCUT2D eigenvalue weighted by Gasteiger charge is -2.25. The molecule has 0 spiro atoms. The molecule has 7 nitrogen and oxygen atoms in total. The summed E-state index contributed by atoms with van der Waals surface area (Å²) >= 11 is 12.0. The van der Waals surface area contributed by atoms with Crippen LogP contribution < -0.4 is 13.8 Å². The van der Waals surface area contributed by atoms with Crippen molar-refractivity contribution < 1.29 is 27.4 Å². The van der Waals surface area contributed by atoms with E-state index in [1.54, 1.807) is 6.92 Å². The summed E-state index contributed by atoms with van der Waals surface area (Å²) in [5.74, 6) is 0.0731. The van der Waals surface area contributed by atoms with E-state index in [0.717, 1.165) is 4.31 Å². The third-order valence-corrected chi connectivity index (χ3v) is 6.38. The highest BCUT2D eigenvalue weighted by Gasteiger charge is 2.29. The van der Waals surface area contributed by atoms with Crippen LogP contribution in [0.3, 0.4) is 0 Å². The van der Waals surface area contributed by atoms with Gasteiger partial charge in [0.1, 0.15) is 19.8 Å². The second-order valence-electron chi connectivity index (χ2n) is 5.72. The molecule has 0 saturated carbocycles. The standard InChI is InChI=1S/C18H17Cl2NO6S/c1-2-25-18(22)11-21(12-3-5-14(19)15(20)9-12)28(23,24)13-4-6-16-17(10-13)27-8-7-26-16/h3-6,9-10H,2,7-8,11H2,1H3. The van der Waals surface area contributed by atoms with Gasteiger partial charge in [-0.15, -0.1) is 0 Å². The minimum Gasteiger partial charge on any atom is -0.486 e. The van der Waals surface area contributed by atoms with Gasteiger partial charge in [-0.2, -0.15) is 0 Å². The first-order valence-corrected chi connectivity index (χ1v) is 10.6. The van der Waals surface area contributed by atoms with Crippen molar-refractivity contribution in [1.29, 1.82) is 0 Å². The van der Waals surface area contributed by atoms with Crippen LogP contribution >= 0.6 is 23.2 Å². The Balaban J connectivity index is 2.04. The molecule has 0 aromatic heterocycles. The molecule has 1 aliphatic rings. The Hall–Kier alpha value is -2.16. The van der Waals surface area contributed by atoms with Crippen LogP contribution in [0, 0.1) is 0 Å². The summed E-state index contributed by atoms with van der Waals surface area (Å²) in [6, 6.07) is 8.55. The fourth-order valence-corrected chi connectivity index (χ4v) is 4.30. The molecule has 0 saturated heterocycles. The van der Waals surface area contributed by atoms with Crippen molar-refractivity contribution in [2.75, 3.05) is 30.7 Å². The Morgan fingerprint density at radius 1 is 1.07 bits per heavy atom. The molecular weight excluding hydrogens is 429 g/mol. The Bertz CT molecular complexity index is 996. The van der Waals surface area contributed by atoms with Crippen LogP contribution in [0.25, 0.3) is 0 Å². The van der Waals surface area contributed by atoms with E-state index in [9.17, 15) is 13.2 Å². The van der Waals surface area contributed by atoms with Gasteiger partial charge in [-0.1, -0.05) is 23.2 Å². The van der Waals surface area contributed by atoms with E-state index in [-0.39, 0.29) is 27.2 Å². The number of anilines is 1. The van der Waals surface area contributed by atoms with Gasteiger partial charge in [0.25, 0.3) is 10.0 Å². The van der Waals surface area contributed by atoms with Gasteiger partial charge < -0.3 is 14.2 Å². The zero-order valence-corrected chi connectivity index (χ0v) is 17.2. The molecule has 3 rings (SSSR count). The molecule has 0 N–H and O–H groups in total. The maximum absolute atomic E-state index is 13.3. The third-order valence-electron chi connectivity index (χ3n) is 3.87. The van der Waals surface area contributed by atoms with Gasteiger partial charge in [0.05, 0.1) is 27.2 Å². The van der Waals surface area contributed by atoms with Gasteiger partial charge in [0.15, 0.2) is 11.5 Å². The minimum absolute atomic E-state index is 0.0629. The second kappa shape index (κ2) is 8.46. The monoisotopic (exact) mass is 445 g/mol. The van der Waals surface area contributed by atoms with E-state index >= 15 is 0 Å². The van der Waals surface area contributed by atoms with Crippen molar-refractivity contribution in [2.24, 2.45) is 0 Å². The van der Waals surface area contributed by atoms with Gasteiger partial charge in [0.2, 0.25) is 0 Å². The summed E-state index contributed by atoms with van der Waals surface area (Å²) in [4.78, 5) is 12.0. The molecule has 1 heterocycles. The predicted octanol–water partition coefficient (Wildman–Crippen LogP) is 3.52. The number of hydrogen-bond donors (Lipinski definition) is 0. The molecule has 0 amide bonds. The molecule has 2 aromatic carbocycles. The minimum atomic E-state index is -4.14. The van der Waals surface area contributed by atoms with E-state index in [4.69, 9.17) is 37.4 Å². The van der Waals surface area contributed by atoms with Crippen molar-refractivity contribution >= 4 is 44.9 Å². The van der Waals surface area contributed by atoms with Gasteiger partial charge in [-0.05, 0) is 37.3 Å². The zero-order valence-electron chi connectivity index (χ0n) is 14.9. The van der Waals surface area contributed by atoms with Crippen molar-refractivity contribution in [3.63, 3.8) is 0 Å². The number of hydrogen-bond acceptors (Lipinski definition) is 6. The first-order chi connectivity index (χ1) is 13.3. The largest absolute Gasteiger partial charge is 0.486 e. The van der Waals surface area contributed by atoms with Crippen LogP contribution in [0.1, 0.15) is 6.92 Å². The molecule has 0 fully saturated rings. The number of benzene rings is 2.